The molecule has 0 aromatic carbocycles. The summed E-state index contributed by atoms with van der Waals surface area (Å²) >= 11 is 1.49. The minimum absolute atomic E-state index is 0.181. The number of aromatic nitrogens is 1. The van der Waals surface area contributed by atoms with Gasteiger partial charge < -0.3 is 9.64 Å². The zero-order valence-electron chi connectivity index (χ0n) is 15.8. The number of ether oxygens (including phenoxy) is 1. The van der Waals surface area contributed by atoms with Crippen molar-refractivity contribution in [2.24, 2.45) is 0 Å². The molecule has 2 saturated heterocycles. The Morgan fingerprint density at radius 1 is 1.07 bits per heavy atom. The maximum absolute atomic E-state index is 12.5. The number of carbonyl (C=O) groups is 1. The number of H-pyrrole nitrogens is 1. The van der Waals surface area contributed by atoms with Crippen LogP contribution in [0.3, 0.4) is 0 Å². The molecule has 0 bridgehead atoms. The molecular formula is C20H27N4O2S+. The van der Waals surface area contributed by atoms with Crippen molar-refractivity contribution >= 4 is 23.5 Å². The Morgan fingerprint density at radius 2 is 1.78 bits per heavy atom. The quantitative estimate of drug-likeness (QED) is 0.737. The van der Waals surface area contributed by atoms with Crippen molar-refractivity contribution in [2.45, 2.75) is 43.6 Å². The van der Waals surface area contributed by atoms with Gasteiger partial charge in [-0.15, -0.1) is 0 Å². The van der Waals surface area contributed by atoms with E-state index in [-0.39, 0.29) is 5.91 Å². The number of carbonyl (C=O) groups excluding carboxylic acids is 1. The topological polar surface area (TPSA) is 70.7 Å². The first-order valence-corrected chi connectivity index (χ1v) is 11.0. The first kappa shape index (κ1) is 18.6. The molecule has 0 radical (unpaired) electrons. The van der Waals surface area contributed by atoms with Crippen LogP contribution in [0.1, 0.15) is 42.4 Å². The number of hydrogen-bond donors (Lipinski definition) is 0. The summed E-state index contributed by atoms with van der Waals surface area (Å²) in [5, 5.41) is 10.7. The van der Waals surface area contributed by atoms with Gasteiger partial charge in [0.05, 0.1) is 19.0 Å². The molecule has 1 aliphatic carbocycles. The lowest BCUT2D eigenvalue weighted by atomic mass is 9.89. The predicted octanol–water partition coefficient (Wildman–Crippen LogP) is 1.80. The number of anilines is 1. The first-order chi connectivity index (χ1) is 13.3. The summed E-state index contributed by atoms with van der Waals surface area (Å²) in [6, 6.07) is 2.43. The highest BCUT2D eigenvalue weighted by molar-refractivity contribution is 7.99. The van der Waals surface area contributed by atoms with Crippen LogP contribution in [-0.2, 0) is 22.4 Å². The van der Waals surface area contributed by atoms with Crippen LogP contribution < -0.4 is 9.88 Å². The number of pyridine rings is 1. The van der Waals surface area contributed by atoms with E-state index in [1.54, 1.807) is 0 Å². The summed E-state index contributed by atoms with van der Waals surface area (Å²) in [7, 11) is 0. The number of thioether (sulfide) groups is 1. The van der Waals surface area contributed by atoms with Gasteiger partial charge in [0.15, 0.2) is 5.03 Å². The third-order valence-electron chi connectivity index (χ3n) is 5.75. The highest BCUT2D eigenvalue weighted by Crippen LogP contribution is 2.34. The summed E-state index contributed by atoms with van der Waals surface area (Å²) in [5.74, 6) is 1.72. The highest BCUT2D eigenvalue weighted by atomic mass is 32.2. The molecule has 2 fully saturated rings. The van der Waals surface area contributed by atoms with Crippen LogP contribution in [0.5, 0.6) is 0 Å². The Bertz CT molecular complexity index is 749. The fourth-order valence-corrected chi connectivity index (χ4v) is 5.23. The molecule has 27 heavy (non-hydrogen) atoms. The zero-order chi connectivity index (χ0) is 18.6. The average molecular weight is 388 g/mol. The van der Waals surface area contributed by atoms with E-state index < -0.39 is 0 Å². The molecule has 1 N–H and O–H groups in total. The van der Waals surface area contributed by atoms with Crippen LogP contribution >= 0.6 is 11.8 Å². The molecule has 0 unspecified atom stereocenters. The minimum Gasteiger partial charge on any atom is -0.373 e. The van der Waals surface area contributed by atoms with Gasteiger partial charge in [-0.05, 0) is 44.1 Å². The molecule has 1 aromatic heterocycles. The second-order valence-electron chi connectivity index (χ2n) is 7.43. The fraction of sp³-hybridized carbons (Fsp3) is 0.650. The zero-order valence-corrected chi connectivity index (χ0v) is 16.6. The van der Waals surface area contributed by atoms with Crippen molar-refractivity contribution in [3.05, 3.63) is 16.7 Å². The second-order valence-corrected chi connectivity index (χ2v) is 8.42. The molecule has 6 nitrogen and oxygen atoms in total. The van der Waals surface area contributed by atoms with E-state index in [0.717, 1.165) is 87.9 Å². The number of amides is 1. The first-order valence-electron chi connectivity index (χ1n) is 10.0. The molecule has 0 spiro atoms. The van der Waals surface area contributed by atoms with Crippen LogP contribution in [-0.4, -0.2) is 56.0 Å². The van der Waals surface area contributed by atoms with Crippen molar-refractivity contribution < 1.29 is 14.5 Å². The summed E-state index contributed by atoms with van der Waals surface area (Å²) < 4.78 is 5.51. The molecule has 1 aromatic rings. The largest absolute Gasteiger partial charge is 0.373 e. The second kappa shape index (κ2) is 8.49. The van der Waals surface area contributed by atoms with E-state index in [9.17, 15) is 10.1 Å². The number of hydrogen-bond acceptors (Lipinski definition) is 5. The van der Waals surface area contributed by atoms with Crippen LogP contribution in [0.2, 0.25) is 0 Å². The van der Waals surface area contributed by atoms with Crippen LogP contribution in [0, 0.1) is 11.3 Å². The van der Waals surface area contributed by atoms with Crippen LogP contribution in [0.25, 0.3) is 0 Å². The normalized spacial score (nSPS) is 19.7. The Kier molecular flexibility index (Phi) is 5.84. The van der Waals surface area contributed by atoms with E-state index >= 15 is 0 Å². The molecule has 4 rings (SSSR count). The SMILES string of the molecule is N#Cc1c(SCC(=O)N2CCCC2)[nH+]c(N2CCOCC2)c2c1CCCC2. The molecule has 3 heterocycles. The number of nitrogens with one attached hydrogen (secondary N) is 1. The van der Waals surface area contributed by atoms with Gasteiger partial charge in [0, 0.05) is 18.7 Å². The summed E-state index contributed by atoms with van der Waals surface area (Å²) in [6.07, 6.45) is 6.48. The van der Waals surface area contributed by atoms with E-state index in [1.807, 2.05) is 4.90 Å². The predicted molar refractivity (Wildman–Crippen MR) is 104 cm³/mol. The van der Waals surface area contributed by atoms with E-state index in [0.29, 0.717) is 5.75 Å². The van der Waals surface area contributed by atoms with Gasteiger partial charge in [-0.1, -0.05) is 11.8 Å². The molecule has 0 atom stereocenters. The van der Waals surface area contributed by atoms with Crippen LogP contribution in [0.15, 0.2) is 5.03 Å². The lowest BCUT2D eigenvalue weighted by Crippen LogP contribution is -2.41. The highest BCUT2D eigenvalue weighted by Gasteiger charge is 2.31. The lowest BCUT2D eigenvalue weighted by molar-refractivity contribution is -0.414. The number of morpholine rings is 1. The van der Waals surface area contributed by atoms with E-state index in [2.05, 4.69) is 16.0 Å². The Morgan fingerprint density at radius 3 is 2.48 bits per heavy atom. The van der Waals surface area contributed by atoms with Crippen molar-refractivity contribution in [3.63, 3.8) is 0 Å². The molecule has 3 aliphatic rings. The molecule has 0 saturated carbocycles. The third kappa shape index (κ3) is 3.92. The van der Waals surface area contributed by atoms with Gasteiger partial charge in [-0.3, -0.25) is 9.69 Å². The molecule has 2 aliphatic heterocycles. The number of fused-ring (bicyclic) bond motifs is 1. The van der Waals surface area contributed by atoms with Crippen molar-refractivity contribution in [3.8, 4) is 6.07 Å². The van der Waals surface area contributed by atoms with Crippen molar-refractivity contribution in [1.82, 2.24) is 4.90 Å². The molecule has 7 heteroatoms. The summed E-state index contributed by atoms with van der Waals surface area (Å²) in [4.78, 5) is 20.3. The van der Waals surface area contributed by atoms with Gasteiger partial charge in [-0.2, -0.15) is 5.26 Å². The van der Waals surface area contributed by atoms with E-state index in [4.69, 9.17) is 4.74 Å². The maximum Gasteiger partial charge on any atom is 0.278 e. The molecule has 1 amide bonds. The van der Waals surface area contributed by atoms with Gasteiger partial charge in [-0.25, -0.2) is 4.98 Å². The monoisotopic (exact) mass is 387 g/mol. The Labute approximate surface area is 164 Å². The lowest BCUT2D eigenvalue weighted by Gasteiger charge is -2.26. The van der Waals surface area contributed by atoms with Gasteiger partial charge in [0.25, 0.3) is 5.82 Å². The number of nitrogens with zero attached hydrogens (tertiary/aromatic N) is 3. The van der Waals surface area contributed by atoms with Crippen molar-refractivity contribution in [2.75, 3.05) is 50.0 Å². The maximum atomic E-state index is 12.5. The van der Waals surface area contributed by atoms with Crippen LogP contribution in [0.4, 0.5) is 5.82 Å². The molecular weight excluding hydrogens is 360 g/mol. The van der Waals surface area contributed by atoms with Gasteiger partial charge >= 0.3 is 0 Å². The minimum atomic E-state index is 0.181. The number of aromatic amines is 1. The number of likely N-dealkylation sites (tertiary alicyclic amines) is 1. The van der Waals surface area contributed by atoms with E-state index in [1.165, 1.54) is 29.3 Å². The summed E-state index contributed by atoms with van der Waals surface area (Å²) in [5.41, 5.74) is 3.25. The van der Waals surface area contributed by atoms with Gasteiger partial charge in [0.2, 0.25) is 5.91 Å². The molecule has 144 valence electrons. The van der Waals surface area contributed by atoms with Crippen molar-refractivity contribution in [1.29, 1.82) is 5.26 Å². The Balaban J connectivity index is 1.63. The third-order valence-corrected chi connectivity index (χ3v) is 6.74. The average Bonchev–Trinajstić information content (AvgIpc) is 3.27. The summed E-state index contributed by atoms with van der Waals surface area (Å²) in [6.45, 7) is 4.95. The number of nitriles is 1. The smallest absolute Gasteiger partial charge is 0.278 e. The van der Waals surface area contributed by atoms with Gasteiger partial charge in [0.1, 0.15) is 24.7 Å². The Hall–Kier alpha value is -1.78. The standard InChI is InChI=1S/C20H26N4O2S/c21-13-17-15-5-1-2-6-16(15)19(24-9-11-26-12-10-24)22-20(17)27-14-18(25)23-7-3-4-8-23/h1-12,14H2/p+1. The fourth-order valence-electron chi connectivity index (χ4n) is 4.30. The number of rotatable bonds is 4.